The number of halogens is 1. The number of hydrogen-bond acceptors (Lipinski definition) is 4. The molecular weight excluding hydrogens is 314 g/mol. The smallest absolute Gasteiger partial charge is 0.261 e. The van der Waals surface area contributed by atoms with Crippen molar-refractivity contribution >= 4 is 33.3 Å². The van der Waals surface area contributed by atoms with Crippen LogP contribution in [0.2, 0.25) is 5.02 Å². The largest absolute Gasteiger partial charge is 0.545 e. The fourth-order valence-electron chi connectivity index (χ4n) is 1.66. The van der Waals surface area contributed by atoms with E-state index >= 15 is 0 Å². The van der Waals surface area contributed by atoms with E-state index in [2.05, 4.69) is 4.72 Å². The molecule has 2 rings (SSSR count). The van der Waals surface area contributed by atoms with Gasteiger partial charge in [0, 0.05) is 5.02 Å². The van der Waals surface area contributed by atoms with E-state index in [1.54, 1.807) is 19.1 Å². The van der Waals surface area contributed by atoms with Crippen LogP contribution < -0.4 is 9.83 Å². The van der Waals surface area contributed by atoms with E-state index in [1.165, 1.54) is 24.3 Å². The minimum atomic E-state index is -3.90. The molecule has 0 heterocycles. The molecule has 0 spiro atoms. The number of carboxylic acids is 1. The van der Waals surface area contributed by atoms with Gasteiger partial charge in [0.25, 0.3) is 10.0 Å². The fourth-order valence-corrected chi connectivity index (χ4v) is 2.94. The summed E-state index contributed by atoms with van der Waals surface area (Å²) in [5.74, 6) is -1.44. The first-order chi connectivity index (χ1) is 9.79. The number of rotatable bonds is 4. The number of aromatic carboxylic acids is 1. The summed E-state index contributed by atoms with van der Waals surface area (Å²) < 4.78 is 26.8. The number of anilines is 1. The quantitative estimate of drug-likeness (QED) is 0.929. The summed E-state index contributed by atoms with van der Waals surface area (Å²) in [4.78, 5) is 10.6. The molecule has 0 radical (unpaired) electrons. The van der Waals surface area contributed by atoms with Gasteiger partial charge >= 0.3 is 0 Å². The second kappa shape index (κ2) is 5.75. The minimum Gasteiger partial charge on any atom is -0.545 e. The second-order valence-electron chi connectivity index (χ2n) is 4.38. The van der Waals surface area contributed by atoms with E-state index in [1.807, 2.05) is 0 Å². The molecule has 2 aromatic rings. The predicted molar refractivity (Wildman–Crippen MR) is 77.8 cm³/mol. The monoisotopic (exact) mass is 324 g/mol. The van der Waals surface area contributed by atoms with Gasteiger partial charge in [-0.2, -0.15) is 0 Å². The SMILES string of the molecule is Cc1ccc(NS(=O)(=O)c2cccc(C(=O)[O-])c2)cc1Cl. The minimum absolute atomic E-state index is 0.166. The molecule has 7 heteroatoms. The van der Waals surface area contributed by atoms with Crippen molar-refractivity contribution in [2.45, 2.75) is 11.8 Å². The molecule has 0 unspecified atom stereocenters. The molecule has 0 amide bonds. The molecule has 0 fully saturated rings. The van der Waals surface area contributed by atoms with Gasteiger partial charge in [0.2, 0.25) is 0 Å². The van der Waals surface area contributed by atoms with Crippen LogP contribution in [-0.4, -0.2) is 14.4 Å². The third-order valence-electron chi connectivity index (χ3n) is 2.80. The Labute approximate surface area is 127 Å². The van der Waals surface area contributed by atoms with Crippen molar-refractivity contribution in [1.82, 2.24) is 0 Å². The lowest BCUT2D eigenvalue weighted by Gasteiger charge is -2.10. The molecule has 2 aromatic carbocycles. The molecule has 0 aromatic heterocycles. The van der Waals surface area contributed by atoms with Crippen LogP contribution in [0.15, 0.2) is 47.4 Å². The highest BCUT2D eigenvalue weighted by Crippen LogP contribution is 2.22. The average Bonchev–Trinajstić information content (AvgIpc) is 2.43. The Balaban J connectivity index is 2.36. The zero-order valence-electron chi connectivity index (χ0n) is 11.0. The molecule has 0 aliphatic carbocycles. The molecule has 0 saturated carbocycles. The van der Waals surface area contributed by atoms with Crippen LogP contribution >= 0.6 is 11.6 Å². The Morgan fingerprint density at radius 1 is 1.19 bits per heavy atom. The van der Waals surface area contributed by atoms with Crippen LogP contribution in [0, 0.1) is 6.92 Å². The average molecular weight is 325 g/mol. The number of benzene rings is 2. The maximum absolute atomic E-state index is 12.2. The van der Waals surface area contributed by atoms with Gasteiger partial charge in [0.1, 0.15) is 0 Å². The summed E-state index contributed by atoms with van der Waals surface area (Å²) >= 11 is 5.93. The number of carbonyl (C=O) groups excluding carboxylic acids is 1. The molecule has 0 aliphatic rings. The van der Waals surface area contributed by atoms with E-state index in [0.29, 0.717) is 10.7 Å². The van der Waals surface area contributed by atoms with Gasteiger partial charge in [-0.15, -0.1) is 0 Å². The zero-order chi connectivity index (χ0) is 15.6. The number of nitrogens with one attached hydrogen (secondary N) is 1. The second-order valence-corrected chi connectivity index (χ2v) is 6.47. The zero-order valence-corrected chi connectivity index (χ0v) is 12.5. The number of carbonyl (C=O) groups is 1. The molecule has 5 nitrogen and oxygen atoms in total. The molecule has 0 aliphatic heterocycles. The number of hydrogen-bond donors (Lipinski definition) is 1. The maximum Gasteiger partial charge on any atom is 0.261 e. The Kier molecular flexibility index (Phi) is 4.20. The maximum atomic E-state index is 12.2. The third-order valence-corrected chi connectivity index (χ3v) is 4.59. The van der Waals surface area contributed by atoms with Gasteiger partial charge in [-0.1, -0.05) is 29.8 Å². The van der Waals surface area contributed by atoms with Crippen molar-refractivity contribution in [3.63, 3.8) is 0 Å². The lowest BCUT2D eigenvalue weighted by atomic mass is 10.2. The van der Waals surface area contributed by atoms with Gasteiger partial charge in [-0.25, -0.2) is 8.42 Å². The molecule has 21 heavy (non-hydrogen) atoms. The lowest BCUT2D eigenvalue weighted by molar-refractivity contribution is -0.255. The van der Waals surface area contributed by atoms with E-state index in [-0.39, 0.29) is 10.5 Å². The van der Waals surface area contributed by atoms with Gasteiger partial charge in [-0.05, 0) is 42.3 Å². The predicted octanol–water partition coefficient (Wildman–Crippen LogP) is 1.81. The number of aryl methyl sites for hydroxylation is 1. The Hall–Kier alpha value is -2.05. The van der Waals surface area contributed by atoms with Crippen LogP contribution in [0.25, 0.3) is 0 Å². The van der Waals surface area contributed by atoms with Crippen molar-refractivity contribution in [3.8, 4) is 0 Å². The van der Waals surface area contributed by atoms with Gasteiger partial charge in [-0.3, -0.25) is 4.72 Å². The molecule has 0 saturated heterocycles. The summed E-state index contributed by atoms with van der Waals surface area (Å²) in [6.45, 7) is 1.80. The number of sulfonamides is 1. The highest BCUT2D eigenvalue weighted by molar-refractivity contribution is 7.92. The molecule has 0 atom stereocenters. The van der Waals surface area contributed by atoms with Gasteiger partial charge in [0.05, 0.1) is 16.6 Å². The Morgan fingerprint density at radius 2 is 1.90 bits per heavy atom. The van der Waals surface area contributed by atoms with Crippen molar-refractivity contribution in [2.75, 3.05) is 4.72 Å². The van der Waals surface area contributed by atoms with Crippen LogP contribution in [0.3, 0.4) is 0 Å². The topological polar surface area (TPSA) is 86.3 Å². The van der Waals surface area contributed by atoms with Crippen molar-refractivity contribution < 1.29 is 18.3 Å². The van der Waals surface area contributed by atoms with Crippen molar-refractivity contribution in [1.29, 1.82) is 0 Å². The third kappa shape index (κ3) is 3.53. The summed E-state index contributed by atoms with van der Waals surface area (Å²) in [6, 6.07) is 9.66. The van der Waals surface area contributed by atoms with E-state index in [0.717, 1.165) is 11.6 Å². The van der Waals surface area contributed by atoms with E-state index < -0.39 is 16.0 Å². The molecular formula is C14H11ClNO4S-. The first-order valence-corrected chi connectivity index (χ1v) is 7.76. The summed E-state index contributed by atoms with van der Waals surface area (Å²) in [6.07, 6.45) is 0. The Bertz CT molecular complexity index is 802. The first-order valence-electron chi connectivity index (χ1n) is 5.90. The summed E-state index contributed by atoms with van der Waals surface area (Å²) in [7, 11) is -3.90. The first kappa shape index (κ1) is 15.3. The molecule has 110 valence electrons. The van der Waals surface area contributed by atoms with Crippen LogP contribution in [0.4, 0.5) is 5.69 Å². The van der Waals surface area contributed by atoms with Crippen molar-refractivity contribution in [3.05, 3.63) is 58.6 Å². The van der Waals surface area contributed by atoms with Crippen molar-refractivity contribution in [2.24, 2.45) is 0 Å². The number of carboxylic acid groups (broad SMARTS) is 1. The molecule has 0 bridgehead atoms. The van der Waals surface area contributed by atoms with Crippen LogP contribution in [-0.2, 0) is 10.0 Å². The lowest BCUT2D eigenvalue weighted by Crippen LogP contribution is -2.23. The van der Waals surface area contributed by atoms with Crippen LogP contribution in [0.1, 0.15) is 15.9 Å². The summed E-state index contributed by atoms with van der Waals surface area (Å²) in [5, 5.41) is 11.2. The fraction of sp³-hybridized carbons (Fsp3) is 0.0714. The van der Waals surface area contributed by atoms with Crippen LogP contribution in [0.5, 0.6) is 0 Å². The van der Waals surface area contributed by atoms with Gasteiger partial charge in [0.15, 0.2) is 0 Å². The van der Waals surface area contributed by atoms with E-state index in [4.69, 9.17) is 11.6 Å². The van der Waals surface area contributed by atoms with E-state index in [9.17, 15) is 18.3 Å². The molecule has 1 N–H and O–H groups in total. The standard InChI is InChI=1S/C14H12ClNO4S/c1-9-5-6-11(8-13(9)15)16-21(19,20)12-4-2-3-10(7-12)14(17)18/h2-8,16H,1H3,(H,17,18)/p-1. The highest BCUT2D eigenvalue weighted by Gasteiger charge is 2.15. The summed E-state index contributed by atoms with van der Waals surface area (Å²) in [5.41, 5.74) is 0.905. The van der Waals surface area contributed by atoms with Gasteiger partial charge < -0.3 is 9.90 Å². The normalized spacial score (nSPS) is 11.1. The highest BCUT2D eigenvalue weighted by atomic mass is 35.5. The Morgan fingerprint density at radius 3 is 2.52 bits per heavy atom.